The third-order valence-electron chi connectivity index (χ3n) is 0.269. The molecular formula is C2H4BNO3. The first kappa shape index (κ1) is 6.45. The molecule has 0 bridgehead atoms. The number of hydrogen-bond acceptors (Lipinski definition) is 4. The van der Waals surface area contributed by atoms with Crippen LogP contribution in [0.5, 0.6) is 0 Å². The van der Waals surface area contributed by atoms with E-state index in [1.165, 1.54) is 0 Å². The van der Waals surface area contributed by atoms with E-state index in [1.807, 2.05) is 0 Å². The van der Waals surface area contributed by atoms with Crippen LogP contribution in [-0.4, -0.2) is 20.5 Å². The van der Waals surface area contributed by atoms with E-state index in [9.17, 15) is 4.79 Å². The van der Waals surface area contributed by atoms with Gasteiger partial charge in [-0.1, -0.05) is 0 Å². The van der Waals surface area contributed by atoms with Gasteiger partial charge in [0.05, 0.1) is 0 Å². The summed E-state index contributed by atoms with van der Waals surface area (Å²) in [5.74, 6) is 3.55. The Labute approximate surface area is 41.9 Å². The molecule has 0 saturated carbocycles. The molecule has 0 aliphatic carbocycles. The molecule has 2 N–H and O–H groups in total. The normalized spacial score (nSPS) is 8.14. The van der Waals surface area contributed by atoms with Gasteiger partial charge in [-0.25, -0.2) is 5.90 Å². The quantitative estimate of drug-likeness (QED) is 0.279. The van der Waals surface area contributed by atoms with E-state index in [0.29, 0.717) is 0 Å². The maximum Gasteiger partial charge on any atom is 0.237 e. The fourth-order valence-corrected chi connectivity index (χ4v) is 0.0921. The average Bonchev–Trinajstić information content (AvgIpc) is 1.61. The predicted molar refractivity (Wildman–Crippen MR) is 22.4 cm³/mol. The highest BCUT2D eigenvalue weighted by molar-refractivity contribution is 6.55. The van der Waals surface area contributed by atoms with Crippen LogP contribution in [0.15, 0.2) is 0 Å². The van der Waals surface area contributed by atoms with Crippen molar-refractivity contribution in [1.82, 2.24) is 0 Å². The molecule has 0 unspecified atom stereocenters. The van der Waals surface area contributed by atoms with E-state index in [-0.39, 0.29) is 6.79 Å². The first-order valence-electron chi connectivity index (χ1n) is 1.51. The van der Waals surface area contributed by atoms with Crippen molar-refractivity contribution < 1.29 is 14.4 Å². The second-order valence-electron chi connectivity index (χ2n) is 0.748. The van der Waals surface area contributed by atoms with E-state index < -0.39 is 5.87 Å². The summed E-state index contributed by atoms with van der Waals surface area (Å²) in [6.45, 7) is -0.296. The summed E-state index contributed by atoms with van der Waals surface area (Å²) in [6.07, 6.45) is 0. The summed E-state index contributed by atoms with van der Waals surface area (Å²) in [6, 6.07) is 0. The molecule has 0 atom stereocenters. The van der Waals surface area contributed by atoms with Gasteiger partial charge in [0.25, 0.3) is 0 Å². The van der Waals surface area contributed by atoms with Crippen molar-refractivity contribution >= 4 is 13.7 Å². The molecule has 0 amide bonds. The molecule has 2 radical (unpaired) electrons. The lowest BCUT2D eigenvalue weighted by Gasteiger charge is -1.95. The van der Waals surface area contributed by atoms with E-state index >= 15 is 0 Å². The third-order valence-corrected chi connectivity index (χ3v) is 0.269. The average molecular weight is 101 g/mol. The Morgan fingerprint density at radius 1 is 1.86 bits per heavy atom. The Morgan fingerprint density at radius 3 is 2.57 bits per heavy atom. The Kier molecular flexibility index (Phi) is 3.35. The van der Waals surface area contributed by atoms with Crippen molar-refractivity contribution in [2.45, 2.75) is 0 Å². The van der Waals surface area contributed by atoms with Gasteiger partial charge in [-0.3, -0.25) is 9.63 Å². The first-order chi connectivity index (χ1) is 3.27. The van der Waals surface area contributed by atoms with Gasteiger partial charge in [-0.05, 0) is 0 Å². The van der Waals surface area contributed by atoms with Crippen molar-refractivity contribution in [1.29, 1.82) is 0 Å². The Morgan fingerprint density at radius 2 is 2.43 bits per heavy atom. The molecule has 5 heteroatoms. The highest BCUT2D eigenvalue weighted by atomic mass is 16.7. The van der Waals surface area contributed by atoms with Gasteiger partial charge in [-0.2, -0.15) is 0 Å². The van der Waals surface area contributed by atoms with E-state index in [2.05, 4.69) is 23.3 Å². The summed E-state index contributed by atoms with van der Waals surface area (Å²) in [7, 11) is 4.48. The number of hydrogen-bond donors (Lipinski definition) is 1. The van der Waals surface area contributed by atoms with Crippen molar-refractivity contribution in [3.8, 4) is 0 Å². The van der Waals surface area contributed by atoms with Crippen molar-refractivity contribution in [3.63, 3.8) is 0 Å². The third kappa shape index (κ3) is 5.45. The minimum absolute atomic E-state index is 0.296. The number of nitrogens with two attached hydrogens (primary N) is 1. The Balaban J connectivity index is 2.82. The molecule has 0 heterocycles. The molecule has 0 fully saturated rings. The van der Waals surface area contributed by atoms with Gasteiger partial charge in [0.1, 0.15) is 0 Å². The van der Waals surface area contributed by atoms with Crippen LogP contribution in [0.3, 0.4) is 0 Å². The molecule has 0 spiro atoms. The topological polar surface area (TPSA) is 61.5 Å². The Hall–Kier alpha value is -0.545. The van der Waals surface area contributed by atoms with Crippen molar-refractivity contribution in [2.24, 2.45) is 5.90 Å². The predicted octanol–water partition coefficient (Wildman–Crippen LogP) is -0.861. The van der Waals surface area contributed by atoms with Crippen LogP contribution in [0.25, 0.3) is 0 Å². The number of carbonyl (C=O) groups is 1. The Bertz CT molecular complexity index is 66.0. The summed E-state index contributed by atoms with van der Waals surface area (Å²) >= 11 is 0. The number of carbonyl (C=O) groups excluding carboxylic acids is 1. The van der Waals surface area contributed by atoms with E-state index in [1.54, 1.807) is 0 Å². The minimum Gasteiger partial charge on any atom is -0.446 e. The standard InChI is InChI=1S/C2H4BNO3/c3-2(5)6-1-7-4/h1,4H2. The zero-order valence-electron chi connectivity index (χ0n) is 3.59. The van der Waals surface area contributed by atoms with Crippen LogP contribution in [0.4, 0.5) is 4.79 Å². The zero-order chi connectivity index (χ0) is 5.70. The fourth-order valence-electron chi connectivity index (χ4n) is 0.0921. The summed E-state index contributed by atoms with van der Waals surface area (Å²) < 4.78 is 3.98. The largest absolute Gasteiger partial charge is 0.446 e. The molecule has 0 aromatic heterocycles. The smallest absolute Gasteiger partial charge is 0.237 e. The fraction of sp³-hybridized carbons (Fsp3) is 0.500. The molecule has 0 aromatic rings. The van der Waals surface area contributed by atoms with Crippen molar-refractivity contribution in [3.05, 3.63) is 0 Å². The highest BCUT2D eigenvalue weighted by Crippen LogP contribution is 1.70. The van der Waals surface area contributed by atoms with Gasteiger partial charge < -0.3 is 4.74 Å². The number of rotatable bonds is 2. The number of ether oxygens (including phenoxy) is 1. The van der Waals surface area contributed by atoms with Crippen LogP contribution < -0.4 is 5.90 Å². The van der Waals surface area contributed by atoms with Crippen LogP contribution >= 0.6 is 0 Å². The summed E-state index contributed by atoms with van der Waals surface area (Å²) in [5.41, 5.74) is 0. The molecule has 0 rings (SSSR count). The molecule has 0 saturated heterocycles. The second kappa shape index (κ2) is 3.64. The van der Waals surface area contributed by atoms with Gasteiger partial charge in [-0.15, -0.1) is 0 Å². The van der Waals surface area contributed by atoms with Gasteiger partial charge in [0.2, 0.25) is 20.5 Å². The van der Waals surface area contributed by atoms with E-state index in [4.69, 9.17) is 0 Å². The summed E-state index contributed by atoms with van der Waals surface area (Å²) in [5, 5.41) is 0. The molecule has 38 valence electrons. The minimum atomic E-state index is -0.898. The second-order valence-corrected chi connectivity index (χ2v) is 0.748. The van der Waals surface area contributed by atoms with Crippen LogP contribution in [-0.2, 0) is 9.57 Å². The lowest BCUT2D eigenvalue weighted by atomic mass is 10.2. The molecule has 0 aliphatic heterocycles. The van der Waals surface area contributed by atoms with Crippen molar-refractivity contribution in [2.75, 3.05) is 6.79 Å². The SMILES string of the molecule is [B]C(=O)OCON. The highest BCUT2D eigenvalue weighted by Gasteiger charge is 1.85. The van der Waals surface area contributed by atoms with E-state index in [0.717, 1.165) is 0 Å². The lowest BCUT2D eigenvalue weighted by molar-refractivity contribution is -0.00719. The van der Waals surface area contributed by atoms with Gasteiger partial charge in [0, 0.05) is 0 Å². The molecule has 0 aromatic carbocycles. The molecule has 0 aliphatic rings. The van der Waals surface area contributed by atoms with Gasteiger partial charge >= 0.3 is 0 Å². The van der Waals surface area contributed by atoms with Crippen LogP contribution in [0, 0.1) is 0 Å². The lowest BCUT2D eigenvalue weighted by Crippen LogP contribution is -2.09. The monoisotopic (exact) mass is 101 g/mol. The maximum absolute atomic E-state index is 9.62. The molecular weight excluding hydrogens is 96.8 g/mol. The maximum atomic E-state index is 9.62. The zero-order valence-corrected chi connectivity index (χ0v) is 3.59. The summed E-state index contributed by atoms with van der Waals surface area (Å²) in [4.78, 5) is 13.5. The first-order valence-corrected chi connectivity index (χ1v) is 1.51. The van der Waals surface area contributed by atoms with Gasteiger partial charge in [0.15, 0.2) is 0 Å². The molecule has 7 heavy (non-hydrogen) atoms. The molecule has 4 nitrogen and oxygen atoms in total. The van der Waals surface area contributed by atoms with Crippen LogP contribution in [0.2, 0.25) is 0 Å². The van der Waals surface area contributed by atoms with Crippen LogP contribution in [0.1, 0.15) is 0 Å².